The second-order valence-corrected chi connectivity index (χ2v) is 33.9. The fourth-order valence-corrected chi connectivity index (χ4v) is 28.3. The summed E-state index contributed by atoms with van der Waals surface area (Å²) in [6.45, 7) is 9.82. The third-order valence-corrected chi connectivity index (χ3v) is 32.2. The largest absolute Gasteiger partial charge is 0.469 e. The first-order chi connectivity index (χ1) is 34.0. The van der Waals surface area contributed by atoms with Gasteiger partial charge in [0.2, 0.25) is 5.28 Å². The van der Waals surface area contributed by atoms with Crippen LogP contribution >= 0.6 is 11.6 Å². The molecule has 6 aliphatic rings. The Bertz CT molecular complexity index is 2500. The number of unbranched alkanes of at least 4 members (excludes halogenated alkanes) is 2. The predicted octanol–water partition coefficient (Wildman–Crippen LogP) is 8.23. The molecule has 0 radical (unpaired) electrons. The van der Waals surface area contributed by atoms with Crippen molar-refractivity contribution in [2.45, 2.75) is 129 Å². The third kappa shape index (κ3) is 11.3. The Kier molecular flexibility index (Phi) is 16.5. The van der Waals surface area contributed by atoms with Crippen LogP contribution in [-0.4, -0.2) is 121 Å². The van der Waals surface area contributed by atoms with Crippen LogP contribution < -0.4 is 13.5 Å². The van der Waals surface area contributed by atoms with E-state index in [0.29, 0.717) is 116 Å². The predicted molar refractivity (Wildman–Crippen MR) is 262 cm³/mol. The molecule has 2 unspecified atom stereocenters. The molecule has 2 saturated heterocycles. The van der Waals surface area contributed by atoms with E-state index >= 15 is 0 Å². The van der Waals surface area contributed by atoms with Crippen LogP contribution in [0.25, 0.3) is 11.5 Å². The Hall–Kier alpha value is -4.21. The van der Waals surface area contributed by atoms with Crippen molar-refractivity contribution >= 4 is 57.3 Å². The second-order valence-electron chi connectivity index (χ2n) is 20.5. The van der Waals surface area contributed by atoms with E-state index in [-0.39, 0.29) is 47.3 Å². The SMILES string of the molecule is CCC[CH2][Sn]([CH2]CC)([CH2]CCC)[c]1cnnn1C.COC(=O)CC1[C@H]2CN(c3nc(-c4cnnn4C)nc4c3CCCC4(F)F)C[C@@H]12.COC(=O)CC1[C@H]2CN(c3nc(Cl)nc4c3CCCC4(F)F)C[C@@H]12. The molecule has 22 heteroatoms. The van der Waals surface area contributed by atoms with Gasteiger partial charge in [0.05, 0.1) is 20.4 Å². The zero-order valence-corrected chi connectivity index (χ0v) is 45.8. The van der Waals surface area contributed by atoms with Gasteiger partial charge in [0.15, 0.2) is 5.82 Å². The maximum absolute atomic E-state index is 14.7. The van der Waals surface area contributed by atoms with Gasteiger partial charge in [-0.25, -0.2) is 24.6 Å². The van der Waals surface area contributed by atoms with E-state index in [1.54, 1.807) is 10.8 Å². The molecule has 0 amide bonds. The van der Waals surface area contributed by atoms with Crippen LogP contribution in [0.5, 0.6) is 0 Å². The monoisotopic (exact) mass is 1120 g/mol. The van der Waals surface area contributed by atoms with E-state index in [4.69, 9.17) is 21.1 Å². The zero-order chi connectivity index (χ0) is 50.8. The van der Waals surface area contributed by atoms with Gasteiger partial charge in [0.25, 0.3) is 11.8 Å². The molecule has 4 aromatic heterocycles. The first-order valence-electron chi connectivity index (χ1n) is 25.6. The smallest absolute Gasteiger partial charge is 0.305 e. The second kappa shape index (κ2) is 22.1. The van der Waals surface area contributed by atoms with E-state index < -0.39 is 30.2 Å². The van der Waals surface area contributed by atoms with Gasteiger partial charge >= 0.3 is 128 Å². The van der Waals surface area contributed by atoms with Crippen molar-refractivity contribution in [1.82, 2.24) is 49.9 Å². The summed E-state index contributed by atoms with van der Waals surface area (Å²) in [5, 5.41) is 15.9. The molecule has 6 atom stereocenters. The molecule has 71 heavy (non-hydrogen) atoms. The summed E-state index contributed by atoms with van der Waals surface area (Å²) >= 11 is 3.68. The molecule has 2 aliphatic heterocycles. The van der Waals surface area contributed by atoms with Crippen molar-refractivity contribution in [2.24, 2.45) is 49.6 Å². The van der Waals surface area contributed by atoms with Crippen molar-refractivity contribution < 1.29 is 36.6 Å². The molecule has 388 valence electrons. The van der Waals surface area contributed by atoms with Crippen LogP contribution in [0.1, 0.15) is 114 Å². The Morgan fingerprint density at radius 3 is 1.59 bits per heavy atom. The molecule has 0 aromatic carbocycles. The molecule has 4 aliphatic carbocycles. The molecule has 6 heterocycles. The average molecular weight is 1120 g/mol. The van der Waals surface area contributed by atoms with Crippen molar-refractivity contribution in [3.05, 3.63) is 40.2 Å². The molecular formula is C49H69ClF4N12O4Sn. The minimum absolute atomic E-state index is 0.128. The molecule has 4 aromatic rings. The minimum atomic E-state index is -2.97. The number of rotatable bonds is 16. The number of carbonyl (C=O) groups is 2. The van der Waals surface area contributed by atoms with Gasteiger partial charge in [-0.1, -0.05) is 5.21 Å². The number of ether oxygens (including phenoxy) is 2. The molecule has 0 bridgehead atoms. The van der Waals surface area contributed by atoms with Crippen LogP contribution in [0.15, 0.2) is 12.4 Å². The normalized spacial score (nSPS) is 24.1. The summed E-state index contributed by atoms with van der Waals surface area (Å²) in [5.41, 5.74) is 1.20. The number of aromatic nitrogens is 10. The Labute approximate surface area is 422 Å². The summed E-state index contributed by atoms with van der Waals surface area (Å²) in [7, 11) is 6.56. The number of methoxy groups -OCH3 is 2. The zero-order valence-electron chi connectivity index (χ0n) is 42.2. The summed E-state index contributed by atoms with van der Waals surface area (Å²) in [5.74, 6) is -2.72. The topological polar surface area (TPSA) is 172 Å². The molecule has 10 rings (SSSR count). The van der Waals surface area contributed by atoms with Crippen LogP contribution in [0.3, 0.4) is 0 Å². The molecule has 0 N–H and O–H groups in total. The van der Waals surface area contributed by atoms with Crippen LogP contribution in [-0.2, 0) is 57.8 Å². The van der Waals surface area contributed by atoms with E-state index in [9.17, 15) is 27.2 Å². The van der Waals surface area contributed by atoms with Crippen molar-refractivity contribution in [1.29, 1.82) is 0 Å². The van der Waals surface area contributed by atoms with Gasteiger partial charge in [-0.05, 0) is 72.8 Å². The number of halogens is 5. The van der Waals surface area contributed by atoms with Crippen molar-refractivity contribution in [3.63, 3.8) is 0 Å². The number of fused-ring (bicyclic) bond motifs is 4. The van der Waals surface area contributed by atoms with Gasteiger partial charge in [-0.2, -0.15) is 17.6 Å². The van der Waals surface area contributed by atoms with Crippen molar-refractivity contribution in [3.8, 4) is 11.5 Å². The van der Waals surface area contributed by atoms with E-state index in [0.717, 1.165) is 13.1 Å². The summed E-state index contributed by atoms with van der Waals surface area (Å²) in [6, 6.07) is 0. The fourth-order valence-electron chi connectivity index (χ4n) is 12.2. The van der Waals surface area contributed by atoms with Gasteiger partial charge in [0, 0.05) is 70.0 Å². The van der Waals surface area contributed by atoms with E-state index in [1.165, 1.54) is 70.5 Å². The van der Waals surface area contributed by atoms with Gasteiger partial charge in [0.1, 0.15) is 28.7 Å². The number of aryl methyl sites for hydroxylation is 2. The maximum atomic E-state index is 14.7. The number of hydrogen-bond acceptors (Lipinski definition) is 14. The maximum Gasteiger partial charge on any atom is 0.305 e. The fraction of sp³-hybridized carbons (Fsp3) is 0.714. The summed E-state index contributed by atoms with van der Waals surface area (Å²) in [4.78, 5) is 44.1. The minimum Gasteiger partial charge on any atom is -0.469 e. The number of alkyl halides is 4. The van der Waals surface area contributed by atoms with Crippen molar-refractivity contribution in [2.75, 3.05) is 50.2 Å². The molecule has 4 fully saturated rings. The molecule has 2 saturated carbocycles. The van der Waals surface area contributed by atoms with Crippen LogP contribution in [0.4, 0.5) is 29.2 Å². The van der Waals surface area contributed by atoms with Gasteiger partial charge in [-0.3, -0.25) is 9.59 Å². The van der Waals surface area contributed by atoms with Crippen LogP contribution in [0.2, 0.25) is 18.6 Å². The Morgan fingerprint density at radius 1 is 0.676 bits per heavy atom. The number of nitrogens with zero attached hydrogens (tertiary/aromatic N) is 12. The first kappa shape index (κ1) is 53.1. The molecular weight excluding hydrogens is 1050 g/mol. The molecule has 16 nitrogen and oxygen atoms in total. The van der Waals surface area contributed by atoms with Crippen LogP contribution in [0, 0.1) is 35.5 Å². The Morgan fingerprint density at radius 2 is 1.15 bits per heavy atom. The number of esters is 2. The Balaban J connectivity index is 0.000000147. The third-order valence-electron chi connectivity index (χ3n) is 16.0. The summed E-state index contributed by atoms with van der Waals surface area (Å²) < 4.78 is 76.8. The number of carbonyl (C=O) groups excluding carboxylic acids is 2. The van der Waals surface area contributed by atoms with Gasteiger partial charge < -0.3 is 19.3 Å². The van der Waals surface area contributed by atoms with E-state index in [1.807, 2.05) is 4.90 Å². The number of hydrogen-bond donors (Lipinski definition) is 0. The van der Waals surface area contributed by atoms with E-state index in [2.05, 4.69) is 84.2 Å². The summed E-state index contributed by atoms with van der Waals surface area (Å²) in [6.07, 6.45) is 12.7. The first-order valence-corrected chi connectivity index (χ1v) is 33.4. The molecule has 0 spiro atoms. The standard InChI is InChI=1S/C19H22F2N6O2.C16H18ClF2N3O2.2C4H9.C3H4N3.C3H7.Sn/c1-26-14(7-22-25-26)17-23-16-10(4-3-5-19(16,20)21)18(24-17)27-8-12-11(13(12)9-27)6-15(28)29-2;1-24-12(23)5-9-10-6-22(7-11(9)10)14-8-3-2-4-16(18,19)13(8)20-15(17)21-14;2*1-3-4-2;1-6-3-2-4-5-6;1-3-2;/h7,11-13H,3-6,8-9H2,1-2H3;9-11H,2-7H2,1H3;2*1,3-4H2,2H3;2H,1H3;1,3H2,2H3;/t11?,12-,13+;9?,10-,11+;;;;;. The average Bonchev–Trinajstić information content (AvgIpc) is 3.76. The number of anilines is 2. The number of piperidine rings is 2. The quantitative estimate of drug-likeness (QED) is 0.0455. The van der Waals surface area contributed by atoms with Gasteiger partial charge in [-0.15, -0.1) is 5.10 Å².